The second kappa shape index (κ2) is 5.84. The van der Waals surface area contributed by atoms with E-state index < -0.39 is 4.92 Å². The van der Waals surface area contributed by atoms with Gasteiger partial charge in [0.2, 0.25) is 5.82 Å². The Bertz CT molecular complexity index is 546. The van der Waals surface area contributed by atoms with Crippen molar-refractivity contribution in [3.63, 3.8) is 0 Å². The van der Waals surface area contributed by atoms with E-state index in [9.17, 15) is 10.1 Å². The van der Waals surface area contributed by atoms with Crippen LogP contribution in [0.5, 0.6) is 0 Å². The van der Waals surface area contributed by atoms with E-state index in [0.29, 0.717) is 6.54 Å². The zero-order valence-corrected chi connectivity index (χ0v) is 11.3. The molecule has 0 radical (unpaired) electrons. The molecule has 2 rings (SSSR count). The molecule has 0 spiro atoms. The van der Waals surface area contributed by atoms with E-state index in [4.69, 9.17) is 5.26 Å². The fraction of sp³-hybridized carbons (Fsp3) is 0.538. The van der Waals surface area contributed by atoms with Crippen molar-refractivity contribution in [3.05, 3.63) is 27.9 Å². The van der Waals surface area contributed by atoms with Gasteiger partial charge in [-0.05, 0) is 31.3 Å². The average molecular weight is 275 g/mol. The Kier molecular flexibility index (Phi) is 4.15. The van der Waals surface area contributed by atoms with Crippen molar-refractivity contribution < 1.29 is 4.92 Å². The summed E-state index contributed by atoms with van der Waals surface area (Å²) in [6.45, 7) is 4.72. The molecular weight excluding hydrogens is 258 g/mol. The van der Waals surface area contributed by atoms with E-state index in [-0.39, 0.29) is 22.5 Å². The lowest BCUT2D eigenvalue weighted by Gasteiger charge is -2.34. The lowest BCUT2D eigenvalue weighted by Crippen LogP contribution is -2.39. The standard InChI is InChI=1S/C13H17N5O2/c1-13(2-4-15-5-3-13)9-17-12-11(18(19)20)6-10(7-14)8-16-12/h6,8,15H,2-5,9H2,1H3,(H,16,17). The van der Waals surface area contributed by atoms with E-state index in [0.717, 1.165) is 25.9 Å². The largest absolute Gasteiger partial charge is 0.364 e. The molecular formula is C13H17N5O2. The lowest BCUT2D eigenvalue weighted by molar-refractivity contribution is -0.384. The first-order valence-electron chi connectivity index (χ1n) is 6.53. The van der Waals surface area contributed by atoms with Crippen molar-refractivity contribution in [2.75, 3.05) is 25.0 Å². The maximum atomic E-state index is 11.0. The van der Waals surface area contributed by atoms with Crippen LogP contribution in [-0.4, -0.2) is 29.5 Å². The second-order valence-corrected chi connectivity index (χ2v) is 5.37. The first-order chi connectivity index (χ1) is 9.54. The fourth-order valence-electron chi connectivity index (χ4n) is 2.29. The van der Waals surface area contributed by atoms with Gasteiger partial charge < -0.3 is 10.6 Å². The van der Waals surface area contributed by atoms with E-state index in [1.807, 2.05) is 6.07 Å². The minimum atomic E-state index is -0.513. The predicted molar refractivity (Wildman–Crippen MR) is 74.3 cm³/mol. The lowest BCUT2D eigenvalue weighted by atomic mass is 9.81. The van der Waals surface area contributed by atoms with Gasteiger partial charge in [0.15, 0.2) is 0 Å². The van der Waals surface area contributed by atoms with Crippen molar-refractivity contribution in [3.8, 4) is 6.07 Å². The van der Waals surface area contributed by atoms with Crippen LogP contribution in [0.2, 0.25) is 0 Å². The number of piperidine rings is 1. The summed E-state index contributed by atoms with van der Waals surface area (Å²) in [4.78, 5) is 14.5. The van der Waals surface area contributed by atoms with E-state index in [1.165, 1.54) is 12.3 Å². The number of hydrogen-bond acceptors (Lipinski definition) is 6. The molecule has 1 aliphatic heterocycles. The maximum Gasteiger partial charge on any atom is 0.312 e. The normalized spacial score (nSPS) is 17.2. The first kappa shape index (κ1) is 14.2. The number of nitrogens with zero attached hydrogens (tertiary/aromatic N) is 3. The molecule has 0 saturated carbocycles. The summed E-state index contributed by atoms with van der Waals surface area (Å²) in [6, 6.07) is 3.11. The van der Waals surface area contributed by atoms with Gasteiger partial charge in [0.1, 0.15) is 6.07 Å². The molecule has 0 aromatic carbocycles. The Morgan fingerprint density at radius 3 is 2.90 bits per heavy atom. The van der Waals surface area contributed by atoms with Crippen LogP contribution in [0.4, 0.5) is 11.5 Å². The molecule has 7 nitrogen and oxygen atoms in total. The van der Waals surface area contributed by atoms with Crippen LogP contribution in [0.3, 0.4) is 0 Å². The average Bonchev–Trinajstić information content (AvgIpc) is 2.45. The Morgan fingerprint density at radius 1 is 1.60 bits per heavy atom. The highest BCUT2D eigenvalue weighted by Gasteiger charge is 2.27. The van der Waals surface area contributed by atoms with E-state index in [1.54, 1.807) is 0 Å². The number of hydrogen-bond donors (Lipinski definition) is 2. The molecule has 0 bridgehead atoms. The molecule has 1 aromatic heterocycles. The molecule has 1 fully saturated rings. The molecule has 0 aliphatic carbocycles. The molecule has 2 N–H and O–H groups in total. The van der Waals surface area contributed by atoms with Crippen molar-refractivity contribution in [2.45, 2.75) is 19.8 Å². The van der Waals surface area contributed by atoms with E-state index in [2.05, 4.69) is 22.5 Å². The van der Waals surface area contributed by atoms with Gasteiger partial charge in [0.25, 0.3) is 0 Å². The van der Waals surface area contributed by atoms with Gasteiger partial charge in [-0.15, -0.1) is 0 Å². The highest BCUT2D eigenvalue weighted by molar-refractivity contribution is 5.58. The molecule has 2 heterocycles. The van der Waals surface area contributed by atoms with Crippen LogP contribution in [0.1, 0.15) is 25.3 Å². The topological polar surface area (TPSA) is 104 Å². The van der Waals surface area contributed by atoms with Crippen LogP contribution in [0, 0.1) is 26.9 Å². The second-order valence-electron chi connectivity index (χ2n) is 5.37. The number of nitrogens with one attached hydrogen (secondary N) is 2. The van der Waals surface area contributed by atoms with Crippen LogP contribution in [0.25, 0.3) is 0 Å². The molecule has 106 valence electrons. The number of anilines is 1. The van der Waals surface area contributed by atoms with Gasteiger partial charge in [-0.3, -0.25) is 10.1 Å². The fourth-order valence-corrected chi connectivity index (χ4v) is 2.29. The number of pyridine rings is 1. The molecule has 7 heteroatoms. The van der Waals surface area contributed by atoms with Gasteiger partial charge in [0.05, 0.1) is 10.5 Å². The molecule has 1 aromatic rings. The van der Waals surface area contributed by atoms with Crippen LogP contribution < -0.4 is 10.6 Å². The Balaban J connectivity index is 2.13. The molecule has 1 saturated heterocycles. The third-order valence-corrected chi connectivity index (χ3v) is 3.69. The summed E-state index contributed by atoms with van der Waals surface area (Å²) < 4.78 is 0. The summed E-state index contributed by atoms with van der Waals surface area (Å²) >= 11 is 0. The van der Waals surface area contributed by atoms with Crippen molar-refractivity contribution in [1.82, 2.24) is 10.3 Å². The Hall–Kier alpha value is -2.20. The Labute approximate surface area is 117 Å². The summed E-state index contributed by atoms with van der Waals surface area (Å²) in [7, 11) is 0. The zero-order valence-electron chi connectivity index (χ0n) is 11.3. The van der Waals surface area contributed by atoms with Crippen molar-refractivity contribution in [1.29, 1.82) is 5.26 Å². The SMILES string of the molecule is CC1(CNc2ncc(C#N)cc2[N+](=O)[O-])CCNCC1. The number of rotatable bonds is 4. The van der Waals surface area contributed by atoms with Crippen molar-refractivity contribution in [2.24, 2.45) is 5.41 Å². The van der Waals surface area contributed by atoms with Gasteiger partial charge in [-0.1, -0.05) is 6.92 Å². The predicted octanol–water partition coefficient (Wildman–Crippen LogP) is 1.66. The monoisotopic (exact) mass is 275 g/mol. The van der Waals surface area contributed by atoms with E-state index >= 15 is 0 Å². The minimum Gasteiger partial charge on any atom is -0.364 e. The molecule has 0 unspecified atom stereocenters. The van der Waals surface area contributed by atoms with Gasteiger partial charge in [-0.25, -0.2) is 4.98 Å². The smallest absolute Gasteiger partial charge is 0.312 e. The van der Waals surface area contributed by atoms with Crippen LogP contribution in [0.15, 0.2) is 12.3 Å². The minimum absolute atomic E-state index is 0.106. The summed E-state index contributed by atoms with van der Waals surface area (Å²) in [5.41, 5.74) is 0.145. The molecule has 0 atom stereocenters. The van der Waals surface area contributed by atoms with Gasteiger partial charge in [0, 0.05) is 18.8 Å². The quantitative estimate of drug-likeness (QED) is 0.639. The molecule has 20 heavy (non-hydrogen) atoms. The van der Waals surface area contributed by atoms with Crippen LogP contribution >= 0.6 is 0 Å². The highest BCUT2D eigenvalue weighted by Crippen LogP contribution is 2.30. The maximum absolute atomic E-state index is 11.0. The molecule has 0 amide bonds. The first-order valence-corrected chi connectivity index (χ1v) is 6.53. The number of nitro groups is 1. The summed E-state index contributed by atoms with van der Waals surface area (Å²) in [5, 5.41) is 26.2. The van der Waals surface area contributed by atoms with Crippen LogP contribution in [-0.2, 0) is 0 Å². The van der Waals surface area contributed by atoms with Crippen molar-refractivity contribution >= 4 is 11.5 Å². The molecule has 1 aliphatic rings. The summed E-state index contributed by atoms with van der Waals surface area (Å²) in [5.74, 6) is 0.230. The van der Waals surface area contributed by atoms with Gasteiger partial charge >= 0.3 is 5.69 Å². The summed E-state index contributed by atoms with van der Waals surface area (Å²) in [6.07, 6.45) is 3.38. The number of aromatic nitrogens is 1. The number of nitriles is 1. The Morgan fingerprint density at radius 2 is 2.30 bits per heavy atom. The van der Waals surface area contributed by atoms with Gasteiger partial charge in [-0.2, -0.15) is 5.26 Å². The zero-order chi connectivity index (χ0) is 14.6. The third-order valence-electron chi connectivity index (χ3n) is 3.69. The third kappa shape index (κ3) is 3.22. The highest BCUT2D eigenvalue weighted by atomic mass is 16.6.